The Labute approximate surface area is 152 Å². The van der Waals surface area contributed by atoms with Gasteiger partial charge in [-0.15, -0.1) is 10.2 Å². The molecule has 134 valence electrons. The number of piperidine rings is 1. The van der Waals surface area contributed by atoms with Gasteiger partial charge in [-0.1, -0.05) is 36.0 Å². The summed E-state index contributed by atoms with van der Waals surface area (Å²) in [7, 11) is 0. The Bertz CT molecular complexity index is 656. The first-order valence-electron chi connectivity index (χ1n) is 8.82. The van der Waals surface area contributed by atoms with E-state index in [9.17, 15) is 4.79 Å². The number of aromatic nitrogens is 2. The predicted molar refractivity (Wildman–Crippen MR) is 98.8 cm³/mol. The molecular weight excluding hydrogens is 336 g/mol. The highest BCUT2D eigenvalue weighted by Crippen LogP contribution is 2.19. The van der Waals surface area contributed by atoms with Crippen molar-refractivity contribution in [3.05, 3.63) is 35.3 Å². The smallest absolute Gasteiger partial charge is 0.226 e. The number of benzene rings is 1. The minimum Gasteiger partial charge on any atom is -0.494 e. The molecular formula is C18H24N4O2S. The van der Waals surface area contributed by atoms with Gasteiger partial charge in [-0.3, -0.25) is 9.69 Å². The number of likely N-dealkylation sites (tertiary alicyclic amines) is 1. The summed E-state index contributed by atoms with van der Waals surface area (Å²) in [5.41, 5.74) is 0. The van der Waals surface area contributed by atoms with Crippen LogP contribution in [0, 0.1) is 0 Å². The second-order valence-corrected chi connectivity index (χ2v) is 7.21. The molecule has 1 saturated heterocycles. The monoisotopic (exact) mass is 360 g/mol. The number of carbonyl (C=O) groups is 1. The normalized spacial score (nSPS) is 15.0. The van der Waals surface area contributed by atoms with Gasteiger partial charge in [-0.05, 0) is 44.5 Å². The average molecular weight is 360 g/mol. The average Bonchev–Trinajstić information content (AvgIpc) is 3.07. The highest BCUT2D eigenvalue weighted by atomic mass is 32.1. The molecule has 0 bridgehead atoms. The first-order valence-corrected chi connectivity index (χ1v) is 9.64. The largest absolute Gasteiger partial charge is 0.494 e. The molecule has 2 aromatic rings. The van der Waals surface area contributed by atoms with Gasteiger partial charge in [0.25, 0.3) is 0 Å². The minimum absolute atomic E-state index is 0.0441. The molecule has 7 heteroatoms. The first-order chi connectivity index (χ1) is 12.3. The summed E-state index contributed by atoms with van der Waals surface area (Å²) in [4.78, 5) is 14.4. The van der Waals surface area contributed by atoms with Crippen molar-refractivity contribution in [2.45, 2.75) is 38.6 Å². The fourth-order valence-electron chi connectivity index (χ4n) is 2.80. The SMILES string of the molecule is O=C(CCCOc1ccccc1)Nc1nnc(CN2CCCCC2)s1. The molecule has 1 aromatic heterocycles. The second-order valence-electron chi connectivity index (χ2n) is 6.15. The van der Waals surface area contributed by atoms with Gasteiger partial charge in [0.1, 0.15) is 10.8 Å². The van der Waals surface area contributed by atoms with Crippen LogP contribution in [-0.4, -0.2) is 40.7 Å². The van der Waals surface area contributed by atoms with Crippen LogP contribution in [0.1, 0.15) is 37.1 Å². The van der Waals surface area contributed by atoms with E-state index in [-0.39, 0.29) is 5.91 Å². The highest BCUT2D eigenvalue weighted by molar-refractivity contribution is 7.15. The first kappa shape index (κ1) is 17.8. The van der Waals surface area contributed by atoms with Crippen molar-refractivity contribution in [1.82, 2.24) is 15.1 Å². The van der Waals surface area contributed by atoms with E-state index in [4.69, 9.17) is 4.74 Å². The zero-order valence-corrected chi connectivity index (χ0v) is 15.1. The molecule has 1 aromatic carbocycles. The van der Waals surface area contributed by atoms with Crippen LogP contribution in [0.25, 0.3) is 0 Å². The second kappa shape index (κ2) is 9.48. The van der Waals surface area contributed by atoms with Crippen molar-refractivity contribution >= 4 is 22.4 Å². The molecule has 0 atom stereocenters. The number of carbonyl (C=O) groups excluding carboxylic acids is 1. The Morgan fingerprint density at radius 3 is 2.76 bits per heavy atom. The van der Waals surface area contributed by atoms with Gasteiger partial charge in [-0.25, -0.2) is 0 Å². The summed E-state index contributed by atoms with van der Waals surface area (Å²) >= 11 is 1.46. The topological polar surface area (TPSA) is 67.3 Å². The van der Waals surface area contributed by atoms with Gasteiger partial charge >= 0.3 is 0 Å². The van der Waals surface area contributed by atoms with E-state index >= 15 is 0 Å². The maximum atomic E-state index is 12.0. The summed E-state index contributed by atoms with van der Waals surface area (Å²) in [5, 5.41) is 12.6. The van der Waals surface area contributed by atoms with Crippen LogP contribution in [0.15, 0.2) is 30.3 Å². The molecule has 1 N–H and O–H groups in total. The summed E-state index contributed by atoms with van der Waals surface area (Å²) in [6.07, 6.45) is 4.91. The highest BCUT2D eigenvalue weighted by Gasteiger charge is 2.14. The van der Waals surface area contributed by atoms with Crippen LogP contribution in [0.5, 0.6) is 5.75 Å². The standard InChI is InChI=1S/C18H24N4O2S/c23-16(10-7-13-24-15-8-3-1-4-9-15)19-18-21-20-17(25-18)14-22-11-5-2-6-12-22/h1,3-4,8-9H,2,5-7,10-14H2,(H,19,21,23). The lowest BCUT2D eigenvalue weighted by Gasteiger charge is -2.24. The van der Waals surface area contributed by atoms with Crippen LogP contribution >= 0.6 is 11.3 Å². The van der Waals surface area contributed by atoms with Crippen LogP contribution in [-0.2, 0) is 11.3 Å². The Morgan fingerprint density at radius 2 is 1.96 bits per heavy atom. The fourth-order valence-corrected chi connectivity index (χ4v) is 3.60. The third-order valence-corrected chi connectivity index (χ3v) is 4.90. The lowest BCUT2D eigenvalue weighted by atomic mass is 10.1. The maximum Gasteiger partial charge on any atom is 0.226 e. The van der Waals surface area contributed by atoms with E-state index in [1.165, 1.54) is 30.6 Å². The van der Waals surface area contributed by atoms with Crippen LogP contribution in [0.4, 0.5) is 5.13 Å². The lowest BCUT2D eigenvalue weighted by molar-refractivity contribution is -0.116. The quantitative estimate of drug-likeness (QED) is 0.732. The van der Waals surface area contributed by atoms with E-state index in [0.29, 0.717) is 24.6 Å². The van der Waals surface area contributed by atoms with Crippen molar-refractivity contribution < 1.29 is 9.53 Å². The molecule has 6 nitrogen and oxygen atoms in total. The molecule has 0 aliphatic carbocycles. The Morgan fingerprint density at radius 1 is 1.16 bits per heavy atom. The molecule has 0 saturated carbocycles. The number of amides is 1. The molecule has 0 radical (unpaired) electrons. The zero-order valence-electron chi connectivity index (χ0n) is 14.3. The van der Waals surface area contributed by atoms with Crippen molar-refractivity contribution in [3.8, 4) is 5.75 Å². The summed E-state index contributed by atoms with van der Waals surface area (Å²) in [6, 6.07) is 9.62. The van der Waals surface area contributed by atoms with E-state index in [1.54, 1.807) is 0 Å². The van der Waals surface area contributed by atoms with Gasteiger partial charge in [-0.2, -0.15) is 0 Å². The molecule has 25 heavy (non-hydrogen) atoms. The Hall–Kier alpha value is -1.99. The lowest BCUT2D eigenvalue weighted by Crippen LogP contribution is -2.28. The summed E-state index contributed by atoms with van der Waals surface area (Å²) < 4.78 is 5.58. The third-order valence-electron chi connectivity index (χ3n) is 4.08. The third kappa shape index (κ3) is 6.10. The number of hydrogen-bond donors (Lipinski definition) is 1. The zero-order chi connectivity index (χ0) is 17.3. The van der Waals surface area contributed by atoms with E-state index in [0.717, 1.165) is 30.4 Å². The molecule has 1 fully saturated rings. The Balaban J connectivity index is 1.35. The number of nitrogens with one attached hydrogen (secondary N) is 1. The minimum atomic E-state index is -0.0441. The number of para-hydroxylation sites is 1. The van der Waals surface area contributed by atoms with E-state index in [2.05, 4.69) is 20.4 Å². The van der Waals surface area contributed by atoms with Crippen molar-refractivity contribution in [2.24, 2.45) is 0 Å². The molecule has 2 heterocycles. The molecule has 1 aliphatic rings. The molecule has 0 unspecified atom stereocenters. The molecule has 3 rings (SSSR count). The fraction of sp³-hybridized carbons (Fsp3) is 0.500. The van der Waals surface area contributed by atoms with Gasteiger partial charge < -0.3 is 10.1 Å². The number of ether oxygens (including phenoxy) is 1. The van der Waals surface area contributed by atoms with Gasteiger partial charge in [0.2, 0.25) is 11.0 Å². The van der Waals surface area contributed by atoms with Crippen LogP contribution in [0.3, 0.4) is 0 Å². The summed E-state index contributed by atoms with van der Waals surface area (Å²) in [6.45, 7) is 3.61. The number of rotatable bonds is 8. The Kier molecular flexibility index (Phi) is 6.76. The van der Waals surface area contributed by atoms with Gasteiger partial charge in [0.05, 0.1) is 13.2 Å². The van der Waals surface area contributed by atoms with Crippen molar-refractivity contribution in [1.29, 1.82) is 0 Å². The maximum absolute atomic E-state index is 12.0. The number of anilines is 1. The molecule has 0 spiro atoms. The van der Waals surface area contributed by atoms with Gasteiger partial charge in [0.15, 0.2) is 0 Å². The van der Waals surface area contributed by atoms with E-state index in [1.807, 2.05) is 30.3 Å². The number of nitrogens with zero attached hydrogens (tertiary/aromatic N) is 3. The molecule has 1 amide bonds. The van der Waals surface area contributed by atoms with Gasteiger partial charge in [0, 0.05) is 6.42 Å². The number of hydrogen-bond acceptors (Lipinski definition) is 6. The van der Waals surface area contributed by atoms with E-state index < -0.39 is 0 Å². The summed E-state index contributed by atoms with van der Waals surface area (Å²) in [5.74, 6) is 0.784. The van der Waals surface area contributed by atoms with Crippen LogP contribution < -0.4 is 10.1 Å². The van der Waals surface area contributed by atoms with Crippen molar-refractivity contribution in [3.63, 3.8) is 0 Å². The van der Waals surface area contributed by atoms with Crippen molar-refractivity contribution in [2.75, 3.05) is 25.0 Å². The predicted octanol–water partition coefficient (Wildman–Crippen LogP) is 3.32. The van der Waals surface area contributed by atoms with Crippen LogP contribution in [0.2, 0.25) is 0 Å². The molecule has 1 aliphatic heterocycles.